The fourth-order valence-electron chi connectivity index (χ4n) is 3.36. The summed E-state index contributed by atoms with van der Waals surface area (Å²) in [7, 11) is 5.44. The van der Waals surface area contributed by atoms with Gasteiger partial charge in [-0.25, -0.2) is 0 Å². The van der Waals surface area contributed by atoms with Crippen molar-refractivity contribution in [1.82, 2.24) is 4.90 Å². The molecule has 0 amide bonds. The third-order valence-corrected chi connectivity index (χ3v) is 4.86. The molecular formula is C24H33NO6. The number of rotatable bonds is 13. The molecule has 0 heterocycles. The third kappa shape index (κ3) is 9.26. The zero-order valence-electron chi connectivity index (χ0n) is 18.6. The Bertz CT molecular complexity index is 799. The summed E-state index contributed by atoms with van der Waals surface area (Å²) in [5, 5.41) is 8.75. The molecule has 0 spiro atoms. The number of aryl methyl sites for hydroxylation is 1. The highest BCUT2D eigenvalue weighted by molar-refractivity contribution is 5.76. The Kier molecular flexibility index (Phi) is 10.1. The third-order valence-electron chi connectivity index (χ3n) is 4.86. The lowest BCUT2D eigenvalue weighted by Gasteiger charge is -2.24. The highest BCUT2D eigenvalue weighted by Gasteiger charge is 2.19. The van der Waals surface area contributed by atoms with Crippen LogP contribution in [0.5, 0.6) is 5.75 Å². The average Bonchev–Trinajstić information content (AvgIpc) is 2.75. The summed E-state index contributed by atoms with van der Waals surface area (Å²) in [4.78, 5) is 24.6. The summed E-state index contributed by atoms with van der Waals surface area (Å²) in [6.45, 7) is 0.717. The van der Waals surface area contributed by atoms with E-state index in [0.29, 0.717) is 6.54 Å². The van der Waals surface area contributed by atoms with E-state index in [2.05, 4.69) is 18.2 Å². The molecule has 2 rings (SSSR count). The maximum Gasteiger partial charge on any atom is 0.306 e. The molecule has 1 atom stereocenters. The summed E-state index contributed by atoms with van der Waals surface area (Å²) < 4.78 is 16.8. The number of carbonyl (C=O) groups is 2. The first-order valence-corrected chi connectivity index (χ1v) is 10.6. The first kappa shape index (κ1) is 24.5. The van der Waals surface area contributed by atoms with Crippen molar-refractivity contribution in [3.63, 3.8) is 0 Å². The van der Waals surface area contributed by atoms with Crippen LogP contribution in [-0.4, -0.2) is 62.4 Å². The first-order chi connectivity index (χ1) is 14.9. The normalized spacial score (nSPS) is 14.5. The number of methoxy groups -OCH3 is 1. The lowest BCUT2D eigenvalue weighted by Crippen LogP contribution is -2.34. The topological polar surface area (TPSA) is 85.3 Å². The molecule has 1 N–H and O–H groups in total. The van der Waals surface area contributed by atoms with E-state index in [0.717, 1.165) is 42.8 Å². The van der Waals surface area contributed by atoms with E-state index in [9.17, 15) is 9.59 Å². The van der Waals surface area contributed by atoms with Crippen molar-refractivity contribution in [2.45, 2.75) is 44.6 Å². The number of likely N-dealkylation sites (N-methyl/N-ethyl adjacent to an activating group) is 1. The van der Waals surface area contributed by atoms with Gasteiger partial charge >= 0.3 is 11.9 Å². The maximum atomic E-state index is 12.0. The molecule has 0 aliphatic heterocycles. The second-order valence-corrected chi connectivity index (χ2v) is 7.81. The summed E-state index contributed by atoms with van der Waals surface area (Å²) in [6.07, 6.45) is 7.03. The lowest BCUT2D eigenvalue weighted by molar-refractivity contribution is -0.154. The molecule has 0 saturated carbocycles. The quantitative estimate of drug-likeness (QED) is 0.478. The zero-order valence-corrected chi connectivity index (χ0v) is 18.6. The summed E-state index contributed by atoms with van der Waals surface area (Å²) in [5.41, 5.74) is 2.35. The van der Waals surface area contributed by atoms with Gasteiger partial charge in [0.05, 0.1) is 20.0 Å². The van der Waals surface area contributed by atoms with Gasteiger partial charge in [0, 0.05) is 6.54 Å². The Morgan fingerprint density at radius 1 is 1.13 bits per heavy atom. The molecule has 0 radical (unpaired) electrons. The smallest absolute Gasteiger partial charge is 0.306 e. The van der Waals surface area contributed by atoms with Crippen LogP contribution in [0, 0.1) is 0 Å². The molecule has 0 bridgehead atoms. The number of nitrogens with zero attached hydrogens (tertiary/aromatic N) is 1. The van der Waals surface area contributed by atoms with Gasteiger partial charge in [-0.3, -0.25) is 9.59 Å². The lowest BCUT2D eigenvalue weighted by atomic mass is 9.98. The molecule has 1 aliphatic rings. The van der Waals surface area contributed by atoms with Crippen molar-refractivity contribution in [3.8, 4) is 5.75 Å². The molecule has 7 nitrogen and oxygen atoms in total. The second-order valence-electron chi connectivity index (χ2n) is 7.81. The van der Waals surface area contributed by atoms with Crippen LogP contribution in [0.15, 0.2) is 47.7 Å². The van der Waals surface area contributed by atoms with E-state index >= 15 is 0 Å². The van der Waals surface area contributed by atoms with Crippen LogP contribution in [0.3, 0.4) is 0 Å². The number of ether oxygens (including phenoxy) is 3. The van der Waals surface area contributed by atoms with Crippen molar-refractivity contribution < 1.29 is 28.9 Å². The molecule has 7 heteroatoms. The van der Waals surface area contributed by atoms with Gasteiger partial charge in [-0.15, -0.1) is 0 Å². The van der Waals surface area contributed by atoms with Crippen molar-refractivity contribution in [2.24, 2.45) is 0 Å². The Balaban J connectivity index is 1.92. The van der Waals surface area contributed by atoms with Gasteiger partial charge in [0.2, 0.25) is 0 Å². The average molecular weight is 432 g/mol. The standard InChI is InChI=1S/C24H33NO6/c1-25(2)16-21(31-24(28)14-13-23(26)27)17-30-22-10-5-4-8-19(22)12-11-18-7-6-9-20(15-18)29-3/h6-10,15,21H,4-5,11-14,16-17H2,1-3H3,(H,26,27). The Morgan fingerprint density at radius 3 is 2.61 bits per heavy atom. The SMILES string of the molecule is COc1cccc(CCC2=CCCC=C2OCC(CN(C)C)OC(=O)CCC(=O)O)c1. The Morgan fingerprint density at radius 2 is 1.90 bits per heavy atom. The Labute approximate surface area is 184 Å². The minimum atomic E-state index is -1.02. The summed E-state index contributed by atoms with van der Waals surface area (Å²) in [5.74, 6) is 0.137. The van der Waals surface area contributed by atoms with Crippen LogP contribution in [0.1, 0.15) is 37.7 Å². The summed E-state index contributed by atoms with van der Waals surface area (Å²) >= 11 is 0. The fourth-order valence-corrected chi connectivity index (χ4v) is 3.36. The van der Waals surface area contributed by atoms with Gasteiger partial charge in [-0.1, -0.05) is 18.2 Å². The van der Waals surface area contributed by atoms with Crippen LogP contribution >= 0.6 is 0 Å². The molecule has 31 heavy (non-hydrogen) atoms. The molecule has 0 fully saturated rings. The minimum absolute atomic E-state index is 0.145. The first-order valence-electron chi connectivity index (χ1n) is 10.6. The van der Waals surface area contributed by atoms with E-state index in [-0.39, 0.29) is 19.4 Å². The van der Waals surface area contributed by atoms with Crippen molar-refractivity contribution in [1.29, 1.82) is 0 Å². The number of esters is 1. The number of benzene rings is 1. The van der Waals surface area contributed by atoms with Gasteiger partial charge < -0.3 is 24.2 Å². The van der Waals surface area contributed by atoms with E-state index in [1.807, 2.05) is 37.2 Å². The highest BCUT2D eigenvalue weighted by atomic mass is 16.6. The zero-order chi connectivity index (χ0) is 22.6. The van der Waals surface area contributed by atoms with Gasteiger partial charge in [-0.05, 0) is 69.1 Å². The predicted octanol–water partition coefficient (Wildman–Crippen LogP) is 3.59. The molecule has 170 valence electrons. The molecule has 0 aromatic heterocycles. The van der Waals surface area contributed by atoms with Crippen molar-refractivity contribution in [2.75, 3.05) is 34.4 Å². The number of hydrogen-bond acceptors (Lipinski definition) is 6. The number of carboxylic acid groups (broad SMARTS) is 1. The molecule has 0 saturated heterocycles. The second kappa shape index (κ2) is 12.8. The van der Waals surface area contributed by atoms with Crippen LogP contribution < -0.4 is 4.74 Å². The monoisotopic (exact) mass is 431 g/mol. The Hall–Kier alpha value is -2.80. The molecule has 1 aliphatic carbocycles. The molecule has 1 aromatic carbocycles. The largest absolute Gasteiger partial charge is 0.497 e. The van der Waals surface area contributed by atoms with E-state index in [4.69, 9.17) is 19.3 Å². The van der Waals surface area contributed by atoms with Gasteiger partial charge in [-0.2, -0.15) is 0 Å². The minimum Gasteiger partial charge on any atom is -0.497 e. The molecular weight excluding hydrogens is 398 g/mol. The number of carboxylic acids is 1. The van der Waals surface area contributed by atoms with Gasteiger partial charge in [0.1, 0.15) is 24.2 Å². The maximum absolute atomic E-state index is 12.0. The van der Waals surface area contributed by atoms with E-state index < -0.39 is 18.0 Å². The summed E-state index contributed by atoms with van der Waals surface area (Å²) in [6, 6.07) is 8.04. The number of allylic oxidation sites excluding steroid dienone is 3. The van der Waals surface area contributed by atoms with Crippen LogP contribution in [0.4, 0.5) is 0 Å². The number of carbonyl (C=O) groups excluding carboxylic acids is 1. The molecule has 1 aromatic rings. The van der Waals surface area contributed by atoms with Crippen LogP contribution in [0.2, 0.25) is 0 Å². The van der Waals surface area contributed by atoms with E-state index in [1.54, 1.807) is 7.11 Å². The van der Waals surface area contributed by atoms with Crippen LogP contribution in [0.25, 0.3) is 0 Å². The van der Waals surface area contributed by atoms with Crippen molar-refractivity contribution >= 4 is 11.9 Å². The predicted molar refractivity (Wildman–Crippen MR) is 118 cm³/mol. The molecule has 1 unspecified atom stereocenters. The highest BCUT2D eigenvalue weighted by Crippen LogP contribution is 2.25. The van der Waals surface area contributed by atoms with Gasteiger partial charge in [0.25, 0.3) is 0 Å². The van der Waals surface area contributed by atoms with Crippen LogP contribution in [-0.2, 0) is 25.5 Å². The number of hydrogen-bond donors (Lipinski definition) is 1. The van der Waals surface area contributed by atoms with Gasteiger partial charge in [0.15, 0.2) is 0 Å². The fraction of sp³-hybridized carbons (Fsp3) is 0.500. The van der Waals surface area contributed by atoms with E-state index in [1.165, 1.54) is 5.56 Å². The number of aliphatic carboxylic acids is 1. The van der Waals surface area contributed by atoms with Crippen molar-refractivity contribution in [3.05, 3.63) is 53.3 Å².